The lowest BCUT2D eigenvalue weighted by molar-refractivity contribution is -0.133. The molecule has 0 saturated carbocycles. The van der Waals surface area contributed by atoms with Crippen LogP contribution in [0.4, 0.5) is 0 Å². The number of hydrogen-bond acceptors (Lipinski definition) is 6. The third-order valence-corrected chi connectivity index (χ3v) is 4.36. The maximum atomic E-state index is 12.5. The molecule has 0 bridgehead atoms. The van der Waals surface area contributed by atoms with E-state index in [-0.39, 0.29) is 24.6 Å². The molecule has 0 radical (unpaired) electrons. The van der Waals surface area contributed by atoms with Crippen LogP contribution in [0.3, 0.4) is 0 Å². The molecular formula is C20H19N3O5. The molecule has 1 amide bonds. The maximum Gasteiger partial charge on any atom is 0.266 e. The molecule has 1 aliphatic heterocycles. The van der Waals surface area contributed by atoms with Crippen molar-refractivity contribution in [1.82, 2.24) is 15.1 Å². The van der Waals surface area contributed by atoms with Gasteiger partial charge in [-0.2, -0.15) is 5.10 Å². The highest BCUT2D eigenvalue weighted by Crippen LogP contribution is 2.33. The van der Waals surface area contributed by atoms with Crippen molar-refractivity contribution < 1.29 is 18.7 Å². The summed E-state index contributed by atoms with van der Waals surface area (Å²) in [5, 5.41) is 7.05. The number of para-hydroxylation sites is 2. The Kier molecular flexibility index (Phi) is 4.84. The molecule has 1 N–H and O–H groups in total. The molecule has 4 rings (SSSR count). The van der Waals surface area contributed by atoms with Crippen LogP contribution in [0.5, 0.6) is 11.5 Å². The van der Waals surface area contributed by atoms with Gasteiger partial charge in [0.2, 0.25) is 6.10 Å². The summed E-state index contributed by atoms with van der Waals surface area (Å²) in [6.07, 6.45) is 0.338. The van der Waals surface area contributed by atoms with Gasteiger partial charge in [0.25, 0.3) is 11.5 Å². The quantitative estimate of drug-likeness (QED) is 0.725. The lowest BCUT2D eigenvalue weighted by Gasteiger charge is -2.31. The lowest BCUT2D eigenvalue weighted by Crippen LogP contribution is -2.49. The van der Waals surface area contributed by atoms with E-state index in [9.17, 15) is 9.59 Å². The molecule has 2 atom stereocenters. The summed E-state index contributed by atoms with van der Waals surface area (Å²) in [5.74, 6) is 1.41. The number of hydrogen-bond donors (Lipinski definition) is 1. The highest BCUT2D eigenvalue weighted by atomic mass is 16.6. The number of fused-ring (bicyclic) bond motifs is 1. The van der Waals surface area contributed by atoms with E-state index in [1.807, 2.05) is 12.1 Å². The smallest absolute Gasteiger partial charge is 0.266 e. The molecule has 8 heteroatoms. The Morgan fingerprint density at radius 3 is 2.64 bits per heavy atom. The van der Waals surface area contributed by atoms with Crippen molar-refractivity contribution in [1.29, 1.82) is 0 Å². The minimum absolute atomic E-state index is 0.220. The van der Waals surface area contributed by atoms with Gasteiger partial charge < -0.3 is 19.2 Å². The molecule has 0 fully saturated rings. The van der Waals surface area contributed by atoms with Gasteiger partial charge in [-0.1, -0.05) is 12.1 Å². The minimum Gasteiger partial charge on any atom is -0.482 e. The predicted molar refractivity (Wildman–Crippen MR) is 100 cm³/mol. The number of amides is 1. The van der Waals surface area contributed by atoms with Crippen LogP contribution < -0.4 is 20.3 Å². The first-order valence-electron chi connectivity index (χ1n) is 8.94. The number of nitrogens with zero attached hydrogens (tertiary/aromatic N) is 2. The SMILES string of the molecule is C[C@@H]1Oc2ccccc2O[C@H]1C(=O)NCCn1nc(-c2ccco2)ccc1=O. The molecule has 1 aliphatic rings. The summed E-state index contributed by atoms with van der Waals surface area (Å²) in [4.78, 5) is 24.5. The van der Waals surface area contributed by atoms with E-state index in [0.717, 1.165) is 0 Å². The van der Waals surface area contributed by atoms with Crippen LogP contribution in [0.15, 0.2) is 64.0 Å². The van der Waals surface area contributed by atoms with Crippen molar-refractivity contribution in [3.05, 3.63) is 65.1 Å². The number of carbonyl (C=O) groups is 1. The highest BCUT2D eigenvalue weighted by Gasteiger charge is 2.33. The number of benzene rings is 1. The van der Waals surface area contributed by atoms with Crippen LogP contribution in [0.25, 0.3) is 11.5 Å². The first-order valence-corrected chi connectivity index (χ1v) is 8.94. The van der Waals surface area contributed by atoms with Gasteiger partial charge in [0.1, 0.15) is 11.8 Å². The third kappa shape index (κ3) is 3.62. The number of carbonyl (C=O) groups excluding carboxylic acids is 1. The van der Waals surface area contributed by atoms with Crippen molar-refractivity contribution in [2.45, 2.75) is 25.7 Å². The van der Waals surface area contributed by atoms with Crippen LogP contribution in [0.1, 0.15) is 6.92 Å². The van der Waals surface area contributed by atoms with E-state index >= 15 is 0 Å². The number of furan rings is 1. The molecular weight excluding hydrogens is 362 g/mol. The van der Waals surface area contributed by atoms with Crippen molar-refractivity contribution in [2.24, 2.45) is 0 Å². The highest BCUT2D eigenvalue weighted by molar-refractivity contribution is 5.82. The lowest BCUT2D eigenvalue weighted by atomic mass is 10.1. The largest absolute Gasteiger partial charge is 0.482 e. The van der Waals surface area contributed by atoms with Gasteiger partial charge in [0.05, 0.1) is 12.8 Å². The second kappa shape index (κ2) is 7.59. The van der Waals surface area contributed by atoms with Crippen molar-refractivity contribution in [3.8, 4) is 23.0 Å². The van der Waals surface area contributed by atoms with Crippen LogP contribution in [-0.4, -0.2) is 34.4 Å². The Balaban J connectivity index is 1.38. The molecule has 8 nitrogen and oxygen atoms in total. The molecule has 144 valence electrons. The topological polar surface area (TPSA) is 95.6 Å². The number of nitrogens with one attached hydrogen (secondary N) is 1. The molecule has 3 heterocycles. The molecule has 0 spiro atoms. The second-order valence-corrected chi connectivity index (χ2v) is 6.36. The van der Waals surface area contributed by atoms with Gasteiger partial charge in [-0.3, -0.25) is 9.59 Å². The van der Waals surface area contributed by atoms with Crippen LogP contribution >= 0.6 is 0 Å². The fraction of sp³-hybridized carbons (Fsp3) is 0.250. The summed E-state index contributed by atoms with van der Waals surface area (Å²) >= 11 is 0. The van der Waals surface area contributed by atoms with E-state index in [1.165, 1.54) is 17.0 Å². The zero-order valence-electron chi connectivity index (χ0n) is 15.2. The van der Waals surface area contributed by atoms with E-state index in [2.05, 4.69) is 10.4 Å². The van der Waals surface area contributed by atoms with Gasteiger partial charge >= 0.3 is 0 Å². The van der Waals surface area contributed by atoms with Crippen LogP contribution in [0.2, 0.25) is 0 Å². The Bertz CT molecular complexity index is 1030. The monoisotopic (exact) mass is 381 g/mol. The molecule has 1 aromatic carbocycles. The third-order valence-electron chi connectivity index (χ3n) is 4.36. The summed E-state index contributed by atoms with van der Waals surface area (Å²) in [6.45, 7) is 2.22. The molecule has 28 heavy (non-hydrogen) atoms. The van der Waals surface area contributed by atoms with E-state index in [4.69, 9.17) is 13.9 Å². The Hall–Kier alpha value is -3.55. The maximum absolute atomic E-state index is 12.5. The molecule has 2 aromatic heterocycles. The molecule has 3 aromatic rings. The Labute approximate surface area is 160 Å². The minimum atomic E-state index is -0.769. The normalized spacial score (nSPS) is 17.9. The van der Waals surface area contributed by atoms with Crippen LogP contribution in [0, 0.1) is 0 Å². The zero-order chi connectivity index (χ0) is 19.5. The predicted octanol–water partition coefficient (Wildman–Crippen LogP) is 1.85. The van der Waals surface area contributed by atoms with E-state index in [1.54, 1.807) is 37.3 Å². The molecule has 0 saturated heterocycles. The Morgan fingerprint density at radius 2 is 1.89 bits per heavy atom. The van der Waals surface area contributed by atoms with Crippen molar-refractivity contribution in [2.75, 3.05) is 6.54 Å². The average Bonchev–Trinajstić information content (AvgIpc) is 3.23. The van der Waals surface area contributed by atoms with Gasteiger partial charge in [0, 0.05) is 12.6 Å². The Morgan fingerprint density at radius 1 is 1.11 bits per heavy atom. The molecule has 0 aliphatic carbocycles. The number of ether oxygens (including phenoxy) is 2. The number of aromatic nitrogens is 2. The summed E-state index contributed by atoms with van der Waals surface area (Å²) in [5.41, 5.74) is 0.286. The van der Waals surface area contributed by atoms with Crippen molar-refractivity contribution in [3.63, 3.8) is 0 Å². The zero-order valence-corrected chi connectivity index (χ0v) is 15.2. The fourth-order valence-electron chi connectivity index (χ4n) is 2.96. The van der Waals surface area contributed by atoms with Gasteiger partial charge in [-0.25, -0.2) is 4.68 Å². The number of rotatable bonds is 5. The van der Waals surface area contributed by atoms with Gasteiger partial charge in [-0.05, 0) is 37.3 Å². The summed E-state index contributed by atoms with van der Waals surface area (Å²) in [7, 11) is 0. The van der Waals surface area contributed by atoms with Crippen molar-refractivity contribution >= 4 is 5.91 Å². The first-order chi connectivity index (χ1) is 13.6. The standard InChI is InChI=1S/C20H19N3O5/c1-13-19(28-17-6-3-2-5-16(17)27-13)20(25)21-10-11-23-18(24)9-8-14(22-23)15-7-4-12-26-15/h2-9,12-13,19H,10-11H2,1H3,(H,21,25)/t13-,19+/m0/s1. The average molecular weight is 381 g/mol. The van der Waals surface area contributed by atoms with Gasteiger partial charge in [0.15, 0.2) is 17.3 Å². The summed E-state index contributed by atoms with van der Waals surface area (Å²) < 4.78 is 18.1. The first kappa shape index (κ1) is 17.8. The van der Waals surface area contributed by atoms with Gasteiger partial charge in [-0.15, -0.1) is 0 Å². The fourth-order valence-corrected chi connectivity index (χ4v) is 2.96. The van der Waals surface area contributed by atoms with E-state index in [0.29, 0.717) is 23.0 Å². The van der Waals surface area contributed by atoms with Crippen LogP contribution in [-0.2, 0) is 11.3 Å². The van der Waals surface area contributed by atoms with E-state index < -0.39 is 12.2 Å². The summed E-state index contributed by atoms with van der Waals surface area (Å²) in [6, 6.07) is 13.7. The molecule has 0 unspecified atom stereocenters. The second-order valence-electron chi connectivity index (χ2n) is 6.36.